The predicted octanol–water partition coefficient (Wildman–Crippen LogP) is -1.29. The molecule has 0 spiro atoms. The summed E-state index contributed by atoms with van der Waals surface area (Å²) in [5, 5.41) is 17.6. The largest absolute Gasteiger partial charge is 0.455 e. The first-order chi connectivity index (χ1) is 4.70. The van der Waals surface area contributed by atoms with E-state index in [1.165, 1.54) is 0 Å². The van der Waals surface area contributed by atoms with Crippen LogP contribution in [0, 0.1) is 0 Å². The van der Waals surface area contributed by atoms with Crippen molar-refractivity contribution in [1.29, 1.82) is 0 Å². The third kappa shape index (κ3) is 0.624. The SMILES string of the molecule is O=C1OC2C(O)SC1C2O. The van der Waals surface area contributed by atoms with Gasteiger partial charge in [0.15, 0.2) is 6.10 Å². The Morgan fingerprint density at radius 1 is 1.50 bits per heavy atom. The van der Waals surface area contributed by atoms with E-state index in [1.807, 2.05) is 0 Å². The standard InChI is InChI=1S/C5H6O4S/c6-1-2-5(8)10-3(1)4(7)9-2/h1-3,5-6,8H. The smallest absolute Gasteiger partial charge is 0.322 e. The van der Waals surface area contributed by atoms with Gasteiger partial charge in [-0.25, -0.2) is 0 Å². The Morgan fingerprint density at radius 3 is 2.50 bits per heavy atom. The number of ether oxygens (including phenoxy) is 1. The van der Waals surface area contributed by atoms with E-state index in [2.05, 4.69) is 4.74 Å². The first-order valence-corrected chi connectivity index (χ1v) is 3.86. The van der Waals surface area contributed by atoms with Crippen LogP contribution in [0.25, 0.3) is 0 Å². The van der Waals surface area contributed by atoms with Crippen molar-refractivity contribution < 1.29 is 19.7 Å². The zero-order valence-electron chi connectivity index (χ0n) is 4.93. The molecule has 2 N–H and O–H groups in total. The minimum absolute atomic E-state index is 0.409. The second-order valence-corrected chi connectivity index (χ2v) is 3.60. The van der Waals surface area contributed by atoms with Crippen molar-refractivity contribution in [3.05, 3.63) is 0 Å². The van der Waals surface area contributed by atoms with Gasteiger partial charge in [-0.1, -0.05) is 0 Å². The monoisotopic (exact) mass is 162 g/mol. The molecule has 2 bridgehead atoms. The third-order valence-corrected chi connectivity index (χ3v) is 3.01. The number of esters is 1. The Labute approximate surface area is 61.2 Å². The zero-order valence-corrected chi connectivity index (χ0v) is 5.75. The molecule has 56 valence electrons. The van der Waals surface area contributed by atoms with Crippen LogP contribution in [0.15, 0.2) is 0 Å². The number of hydrogen-bond donors (Lipinski definition) is 2. The number of carbonyl (C=O) groups excluding carboxylic acids is 1. The van der Waals surface area contributed by atoms with Crippen LogP contribution in [0.4, 0.5) is 0 Å². The Morgan fingerprint density at radius 2 is 2.20 bits per heavy atom. The summed E-state index contributed by atoms with van der Waals surface area (Å²) in [6, 6.07) is 0. The fourth-order valence-electron chi connectivity index (χ4n) is 1.17. The second-order valence-electron chi connectivity index (χ2n) is 2.34. The lowest BCUT2D eigenvalue weighted by atomic mass is 10.2. The van der Waals surface area contributed by atoms with Crippen LogP contribution in [0.5, 0.6) is 0 Å². The van der Waals surface area contributed by atoms with Crippen LogP contribution in [0.3, 0.4) is 0 Å². The molecule has 0 saturated carbocycles. The van der Waals surface area contributed by atoms with E-state index < -0.39 is 28.9 Å². The molecule has 5 heteroatoms. The van der Waals surface area contributed by atoms with Gasteiger partial charge in [-0.3, -0.25) is 4.79 Å². The summed E-state index contributed by atoms with van der Waals surface area (Å²) < 4.78 is 4.62. The van der Waals surface area contributed by atoms with Crippen molar-refractivity contribution >= 4 is 17.7 Å². The van der Waals surface area contributed by atoms with Gasteiger partial charge in [0.1, 0.15) is 16.8 Å². The Bertz CT molecular complexity index is 182. The molecule has 4 atom stereocenters. The van der Waals surface area contributed by atoms with Crippen molar-refractivity contribution in [3.63, 3.8) is 0 Å². The number of fused-ring (bicyclic) bond motifs is 2. The van der Waals surface area contributed by atoms with Crippen LogP contribution in [0.1, 0.15) is 0 Å². The molecule has 0 aliphatic carbocycles. The number of thioether (sulfide) groups is 1. The fraction of sp³-hybridized carbons (Fsp3) is 0.800. The summed E-state index contributed by atoms with van der Waals surface area (Å²) in [5.41, 5.74) is -0.738. The van der Waals surface area contributed by atoms with Crippen LogP contribution in [0.2, 0.25) is 0 Å². The molecule has 10 heavy (non-hydrogen) atoms. The van der Waals surface area contributed by atoms with Gasteiger partial charge in [-0.05, 0) is 0 Å². The lowest BCUT2D eigenvalue weighted by Gasteiger charge is -2.14. The highest BCUT2D eigenvalue weighted by molar-refractivity contribution is 8.01. The molecule has 2 saturated heterocycles. The lowest BCUT2D eigenvalue weighted by molar-refractivity contribution is -0.144. The Kier molecular flexibility index (Phi) is 1.21. The molecule has 4 nitrogen and oxygen atoms in total. The highest BCUT2D eigenvalue weighted by atomic mass is 32.2. The molecule has 0 radical (unpaired) electrons. The summed E-state index contributed by atoms with van der Waals surface area (Å²) in [7, 11) is 0. The maximum Gasteiger partial charge on any atom is 0.322 e. The van der Waals surface area contributed by atoms with Crippen LogP contribution < -0.4 is 0 Å². The van der Waals surface area contributed by atoms with Crippen molar-refractivity contribution in [2.24, 2.45) is 0 Å². The van der Waals surface area contributed by atoms with Gasteiger partial charge in [-0.15, -0.1) is 11.8 Å². The van der Waals surface area contributed by atoms with Gasteiger partial charge in [0.25, 0.3) is 0 Å². The second kappa shape index (κ2) is 1.87. The normalized spacial score (nSPS) is 51.6. The maximum absolute atomic E-state index is 10.7. The summed E-state index contributed by atoms with van der Waals surface area (Å²) in [6.07, 6.45) is -1.50. The first-order valence-electron chi connectivity index (χ1n) is 2.92. The van der Waals surface area contributed by atoms with Crippen LogP contribution in [-0.4, -0.2) is 39.1 Å². The average molecular weight is 162 g/mol. The average Bonchev–Trinajstić information content (AvgIpc) is 2.26. The van der Waals surface area contributed by atoms with Crippen molar-refractivity contribution in [2.45, 2.75) is 22.9 Å². The molecule has 0 aromatic carbocycles. The molecular weight excluding hydrogens is 156 g/mol. The van der Waals surface area contributed by atoms with E-state index in [4.69, 9.17) is 10.2 Å². The zero-order chi connectivity index (χ0) is 7.30. The van der Waals surface area contributed by atoms with E-state index >= 15 is 0 Å². The van der Waals surface area contributed by atoms with Crippen molar-refractivity contribution in [2.75, 3.05) is 0 Å². The van der Waals surface area contributed by atoms with Crippen molar-refractivity contribution in [3.8, 4) is 0 Å². The summed E-state index contributed by atoms with van der Waals surface area (Å²) in [5.74, 6) is -0.409. The van der Waals surface area contributed by atoms with Gasteiger partial charge < -0.3 is 14.9 Å². The molecule has 2 aliphatic heterocycles. The number of aliphatic hydroxyl groups is 2. The number of carbonyl (C=O) groups is 1. The van der Waals surface area contributed by atoms with E-state index in [1.54, 1.807) is 0 Å². The highest BCUT2D eigenvalue weighted by Gasteiger charge is 2.55. The predicted molar refractivity (Wildman–Crippen MR) is 33.3 cm³/mol. The molecule has 2 fully saturated rings. The van der Waals surface area contributed by atoms with E-state index in [-0.39, 0.29) is 0 Å². The number of hydrogen-bond acceptors (Lipinski definition) is 5. The van der Waals surface area contributed by atoms with Crippen LogP contribution in [-0.2, 0) is 9.53 Å². The van der Waals surface area contributed by atoms with Gasteiger partial charge in [0.05, 0.1) is 0 Å². The van der Waals surface area contributed by atoms with Crippen molar-refractivity contribution in [1.82, 2.24) is 0 Å². The maximum atomic E-state index is 10.7. The lowest BCUT2D eigenvalue weighted by Crippen LogP contribution is -2.27. The summed E-state index contributed by atoms with van der Waals surface area (Å²) in [4.78, 5) is 10.7. The molecule has 0 amide bonds. The quantitative estimate of drug-likeness (QED) is 0.434. The molecule has 0 aromatic heterocycles. The summed E-state index contributed by atoms with van der Waals surface area (Å²) in [6.45, 7) is 0. The summed E-state index contributed by atoms with van der Waals surface area (Å²) >= 11 is 1.06. The van der Waals surface area contributed by atoms with E-state index in [0.29, 0.717) is 0 Å². The molecule has 0 aromatic rings. The van der Waals surface area contributed by atoms with Crippen LogP contribution >= 0.6 is 11.8 Å². The van der Waals surface area contributed by atoms with Gasteiger partial charge >= 0.3 is 5.97 Å². The topological polar surface area (TPSA) is 66.8 Å². The first kappa shape index (κ1) is 6.45. The highest BCUT2D eigenvalue weighted by Crippen LogP contribution is 2.40. The minimum Gasteiger partial charge on any atom is -0.455 e. The molecule has 2 aliphatic rings. The number of rotatable bonds is 0. The van der Waals surface area contributed by atoms with Gasteiger partial charge in [0.2, 0.25) is 0 Å². The van der Waals surface area contributed by atoms with E-state index in [9.17, 15) is 4.79 Å². The van der Waals surface area contributed by atoms with Gasteiger partial charge in [-0.2, -0.15) is 0 Å². The molecule has 2 heterocycles. The number of aliphatic hydroxyl groups excluding tert-OH is 2. The molecular formula is C5H6O4S. The fourth-order valence-corrected chi connectivity index (χ4v) is 2.33. The Hall–Kier alpha value is -0.260. The molecule has 2 rings (SSSR count). The van der Waals surface area contributed by atoms with Gasteiger partial charge in [0, 0.05) is 0 Å². The molecule has 4 unspecified atom stereocenters. The van der Waals surface area contributed by atoms with E-state index in [0.717, 1.165) is 11.8 Å². The third-order valence-electron chi connectivity index (χ3n) is 1.70. The Balaban J connectivity index is 2.25. The minimum atomic E-state index is -0.813.